The van der Waals surface area contributed by atoms with Gasteiger partial charge in [0, 0.05) is 38.9 Å². The standard InChI is InChI=1S/C24H27N3O3/c1-18-13-19(2)15-22(14-18)29-17-21-6-7-23(30-21)24(28)27-11-9-26(10-12-27)16-20-5-3-4-8-25-20/h3-8,13-15H,9-12,16-17H2,1-2H3. The molecule has 1 aliphatic rings. The number of piperazine rings is 1. The van der Waals surface area contributed by atoms with Crippen molar-refractivity contribution >= 4 is 5.91 Å². The van der Waals surface area contributed by atoms with E-state index >= 15 is 0 Å². The van der Waals surface area contributed by atoms with Gasteiger partial charge < -0.3 is 14.1 Å². The number of nitrogens with zero attached hydrogens (tertiary/aromatic N) is 3. The number of carbonyl (C=O) groups is 1. The summed E-state index contributed by atoms with van der Waals surface area (Å²) in [5.41, 5.74) is 3.36. The van der Waals surface area contributed by atoms with E-state index in [9.17, 15) is 4.79 Å². The van der Waals surface area contributed by atoms with E-state index in [4.69, 9.17) is 9.15 Å². The second-order valence-corrected chi connectivity index (χ2v) is 7.77. The molecular formula is C24H27N3O3. The third-order valence-corrected chi connectivity index (χ3v) is 5.22. The Labute approximate surface area is 177 Å². The van der Waals surface area contributed by atoms with E-state index in [0.717, 1.165) is 42.2 Å². The Kier molecular flexibility index (Phi) is 6.14. The van der Waals surface area contributed by atoms with Crippen LogP contribution in [0.25, 0.3) is 0 Å². The number of hydrogen-bond acceptors (Lipinski definition) is 5. The smallest absolute Gasteiger partial charge is 0.289 e. The minimum atomic E-state index is -0.0647. The Morgan fingerprint density at radius 1 is 1.03 bits per heavy atom. The molecule has 0 spiro atoms. The number of benzene rings is 1. The van der Waals surface area contributed by atoms with Crippen molar-refractivity contribution in [3.8, 4) is 5.75 Å². The van der Waals surface area contributed by atoms with Crippen LogP contribution in [0.1, 0.15) is 33.1 Å². The van der Waals surface area contributed by atoms with Crippen molar-refractivity contribution < 1.29 is 13.9 Å². The van der Waals surface area contributed by atoms with Crippen LogP contribution < -0.4 is 4.74 Å². The van der Waals surface area contributed by atoms with Gasteiger partial charge >= 0.3 is 0 Å². The van der Waals surface area contributed by atoms with Gasteiger partial charge in [-0.05, 0) is 61.4 Å². The van der Waals surface area contributed by atoms with E-state index in [2.05, 4.69) is 16.0 Å². The summed E-state index contributed by atoms with van der Waals surface area (Å²) in [6, 6.07) is 15.6. The summed E-state index contributed by atoms with van der Waals surface area (Å²) in [5.74, 6) is 1.75. The van der Waals surface area contributed by atoms with Crippen molar-refractivity contribution in [2.75, 3.05) is 26.2 Å². The maximum Gasteiger partial charge on any atom is 0.289 e. The molecule has 3 heterocycles. The summed E-state index contributed by atoms with van der Waals surface area (Å²) in [5, 5.41) is 0. The Balaban J connectivity index is 1.29. The predicted octanol–water partition coefficient (Wildman–Crippen LogP) is 3.83. The second-order valence-electron chi connectivity index (χ2n) is 7.77. The van der Waals surface area contributed by atoms with Crippen LogP contribution in [0.3, 0.4) is 0 Å². The minimum absolute atomic E-state index is 0.0647. The number of aryl methyl sites for hydroxylation is 2. The molecule has 4 rings (SSSR count). The summed E-state index contributed by atoms with van der Waals surface area (Å²) < 4.78 is 11.6. The zero-order valence-electron chi connectivity index (χ0n) is 17.5. The highest BCUT2D eigenvalue weighted by molar-refractivity contribution is 5.91. The van der Waals surface area contributed by atoms with Crippen molar-refractivity contribution in [3.05, 3.63) is 83.1 Å². The lowest BCUT2D eigenvalue weighted by atomic mass is 10.1. The molecule has 6 heteroatoms. The molecule has 6 nitrogen and oxygen atoms in total. The van der Waals surface area contributed by atoms with Crippen LogP contribution in [-0.4, -0.2) is 46.9 Å². The van der Waals surface area contributed by atoms with Gasteiger partial charge in [-0.15, -0.1) is 0 Å². The highest BCUT2D eigenvalue weighted by Gasteiger charge is 2.24. The zero-order valence-corrected chi connectivity index (χ0v) is 17.5. The van der Waals surface area contributed by atoms with Crippen LogP contribution in [-0.2, 0) is 13.2 Å². The average Bonchev–Trinajstić information content (AvgIpc) is 3.21. The summed E-state index contributed by atoms with van der Waals surface area (Å²) in [6.07, 6.45) is 1.81. The SMILES string of the molecule is Cc1cc(C)cc(OCc2ccc(C(=O)N3CCN(Cc4ccccn4)CC3)o2)c1. The molecule has 0 radical (unpaired) electrons. The molecule has 0 N–H and O–H groups in total. The van der Waals surface area contributed by atoms with E-state index in [1.54, 1.807) is 6.07 Å². The van der Waals surface area contributed by atoms with Crippen LogP contribution in [0.15, 0.2) is 59.1 Å². The maximum absolute atomic E-state index is 12.8. The summed E-state index contributed by atoms with van der Waals surface area (Å²) in [4.78, 5) is 21.3. The maximum atomic E-state index is 12.8. The Morgan fingerprint density at radius 3 is 2.50 bits per heavy atom. The molecule has 1 aliphatic heterocycles. The van der Waals surface area contributed by atoms with E-state index < -0.39 is 0 Å². The highest BCUT2D eigenvalue weighted by atomic mass is 16.5. The number of ether oxygens (including phenoxy) is 1. The van der Waals surface area contributed by atoms with Crippen molar-refractivity contribution in [1.29, 1.82) is 0 Å². The largest absolute Gasteiger partial charge is 0.486 e. The van der Waals surface area contributed by atoms with Crippen molar-refractivity contribution in [1.82, 2.24) is 14.8 Å². The van der Waals surface area contributed by atoms with E-state index in [-0.39, 0.29) is 5.91 Å². The molecule has 0 atom stereocenters. The molecule has 0 aliphatic carbocycles. The lowest BCUT2D eigenvalue weighted by molar-refractivity contribution is 0.0593. The van der Waals surface area contributed by atoms with E-state index in [0.29, 0.717) is 31.2 Å². The van der Waals surface area contributed by atoms with Gasteiger partial charge in [-0.1, -0.05) is 12.1 Å². The lowest BCUT2D eigenvalue weighted by Crippen LogP contribution is -2.48. The Hall–Kier alpha value is -3.12. The fraction of sp³-hybridized carbons (Fsp3) is 0.333. The van der Waals surface area contributed by atoms with Gasteiger partial charge in [0.2, 0.25) is 0 Å². The molecule has 3 aromatic rings. The first kappa shape index (κ1) is 20.2. The number of hydrogen-bond donors (Lipinski definition) is 0. The van der Waals surface area contributed by atoms with Gasteiger partial charge in [0.05, 0.1) is 5.69 Å². The Bertz CT molecular complexity index is 972. The first-order valence-corrected chi connectivity index (χ1v) is 10.3. The topological polar surface area (TPSA) is 58.8 Å². The first-order valence-electron chi connectivity index (χ1n) is 10.3. The lowest BCUT2D eigenvalue weighted by Gasteiger charge is -2.34. The minimum Gasteiger partial charge on any atom is -0.486 e. The normalized spacial score (nSPS) is 14.7. The fourth-order valence-corrected chi connectivity index (χ4v) is 3.73. The third kappa shape index (κ3) is 5.07. The third-order valence-electron chi connectivity index (χ3n) is 5.22. The van der Waals surface area contributed by atoms with Crippen molar-refractivity contribution in [2.45, 2.75) is 27.0 Å². The van der Waals surface area contributed by atoms with Crippen molar-refractivity contribution in [2.24, 2.45) is 0 Å². The quantitative estimate of drug-likeness (QED) is 0.624. The van der Waals surface area contributed by atoms with E-state index in [1.807, 2.05) is 61.3 Å². The molecule has 0 saturated carbocycles. The summed E-state index contributed by atoms with van der Waals surface area (Å²) in [7, 11) is 0. The molecule has 0 bridgehead atoms. The number of pyridine rings is 1. The van der Waals surface area contributed by atoms with Gasteiger partial charge in [-0.25, -0.2) is 0 Å². The molecule has 30 heavy (non-hydrogen) atoms. The molecule has 1 amide bonds. The highest BCUT2D eigenvalue weighted by Crippen LogP contribution is 2.19. The number of furan rings is 1. The van der Waals surface area contributed by atoms with Crippen LogP contribution in [0.2, 0.25) is 0 Å². The molecule has 2 aromatic heterocycles. The monoisotopic (exact) mass is 405 g/mol. The van der Waals surface area contributed by atoms with Gasteiger partial charge in [0.15, 0.2) is 5.76 Å². The number of amides is 1. The number of aromatic nitrogens is 1. The number of carbonyl (C=O) groups excluding carboxylic acids is 1. The molecular weight excluding hydrogens is 378 g/mol. The van der Waals surface area contributed by atoms with Crippen LogP contribution in [0, 0.1) is 13.8 Å². The summed E-state index contributed by atoms with van der Waals surface area (Å²) in [6.45, 7) is 8.20. The number of rotatable bonds is 6. The van der Waals surface area contributed by atoms with Gasteiger partial charge in [0.1, 0.15) is 18.1 Å². The predicted molar refractivity (Wildman–Crippen MR) is 114 cm³/mol. The summed E-state index contributed by atoms with van der Waals surface area (Å²) >= 11 is 0. The molecule has 1 fully saturated rings. The van der Waals surface area contributed by atoms with Gasteiger partial charge in [0.25, 0.3) is 5.91 Å². The first-order chi connectivity index (χ1) is 14.6. The van der Waals surface area contributed by atoms with Crippen LogP contribution in [0.4, 0.5) is 0 Å². The zero-order chi connectivity index (χ0) is 20.9. The van der Waals surface area contributed by atoms with Crippen molar-refractivity contribution in [3.63, 3.8) is 0 Å². The van der Waals surface area contributed by atoms with Crippen LogP contribution in [0.5, 0.6) is 5.75 Å². The molecule has 156 valence electrons. The van der Waals surface area contributed by atoms with E-state index in [1.165, 1.54) is 0 Å². The fourth-order valence-electron chi connectivity index (χ4n) is 3.73. The molecule has 1 aromatic carbocycles. The Morgan fingerprint density at radius 2 is 1.80 bits per heavy atom. The van der Waals surface area contributed by atoms with Crippen LogP contribution >= 0.6 is 0 Å². The van der Waals surface area contributed by atoms with Gasteiger partial charge in [-0.2, -0.15) is 0 Å². The molecule has 0 unspecified atom stereocenters. The second kappa shape index (κ2) is 9.13. The molecule has 1 saturated heterocycles. The van der Waals surface area contributed by atoms with Gasteiger partial charge in [-0.3, -0.25) is 14.7 Å². The average molecular weight is 405 g/mol.